The SMILES string of the molecule is COc1c2n(ccc1=O)N(C1c3cccc(F)c3SCc3cccc(F)c31)[C@@H]1[C@H]3C[C@@H]4CC[C@@]3(CCN1C2=O)O4. The highest BCUT2D eigenvalue weighted by Crippen LogP contribution is 2.57. The zero-order valence-corrected chi connectivity index (χ0v) is 22.6. The molecule has 5 aliphatic heterocycles. The molecule has 0 N–H and O–H groups in total. The van der Waals surface area contributed by atoms with Crippen LogP contribution in [0.5, 0.6) is 5.75 Å². The predicted molar refractivity (Wildman–Crippen MR) is 144 cm³/mol. The molecule has 5 aliphatic rings. The summed E-state index contributed by atoms with van der Waals surface area (Å²) in [7, 11) is 1.37. The average Bonchev–Trinajstić information content (AvgIpc) is 3.48. The Hall–Kier alpha value is -3.37. The normalized spacial score (nSPS) is 29.7. The van der Waals surface area contributed by atoms with Crippen molar-refractivity contribution in [2.45, 2.75) is 60.2 Å². The lowest BCUT2D eigenvalue weighted by Gasteiger charge is -2.57. The van der Waals surface area contributed by atoms with Gasteiger partial charge in [0.1, 0.15) is 23.8 Å². The highest BCUT2D eigenvalue weighted by Gasteiger charge is 2.63. The average molecular weight is 564 g/mol. The molecule has 1 aromatic heterocycles. The van der Waals surface area contributed by atoms with Crippen LogP contribution >= 0.6 is 11.8 Å². The number of hydrogen-bond acceptors (Lipinski definition) is 6. The summed E-state index contributed by atoms with van der Waals surface area (Å²) in [4.78, 5) is 29.3. The van der Waals surface area contributed by atoms with Gasteiger partial charge in [-0.2, -0.15) is 0 Å². The molecule has 5 atom stereocenters. The van der Waals surface area contributed by atoms with E-state index in [1.165, 1.54) is 37.1 Å². The fourth-order valence-corrected chi connectivity index (χ4v) is 8.99. The van der Waals surface area contributed by atoms with Crippen LogP contribution in [0, 0.1) is 17.6 Å². The molecule has 2 bridgehead atoms. The second-order valence-electron chi connectivity index (χ2n) is 11.3. The molecule has 3 fully saturated rings. The first-order chi connectivity index (χ1) is 19.4. The van der Waals surface area contributed by atoms with Crippen LogP contribution in [-0.4, -0.2) is 47.0 Å². The number of carbonyl (C=O) groups is 1. The lowest BCUT2D eigenvalue weighted by Crippen LogP contribution is -2.70. The molecule has 8 rings (SSSR count). The molecule has 0 aliphatic carbocycles. The smallest absolute Gasteiger partial charge is 0.278 e. The molecule has 10 heteroatoms. The van der Waals surface area contributed by atoms with Gasteiger partial charge in [-0.15, -0.1) is 11.8 Å². The summed E-state index contributed by atoms with van der Waals surface area (Å²) in [6.07, 6.45) is 4.56. The summed E-state index contributed by atoms with van der Waals surface area (Å²) in [5.41, 5.74) is 1.15. The minimum absolute atomic E-state index is 0.0364. The largest absolute Gasteiger partial charge is 0.491 e. The topological polar surface area (TPSA) is 64.0 Å². The molecular weight excluding hydrogens is 536 g/mol. The molecule has 7 nitrogen and oxygen atoms in total. The van der Waals surface area contributed by atoms with Crippen LogP contribution in [0.4, 0.5) is 8.78 Å². The summed E-state index contributed by atoms with van der Waals surface area (Å²) >= 11 is 1.35. The molecule has 1 spiro atoms. The molecule has 2 aromatic carbocycles. The lowest BCUT2D eigenvalue weighted by molar-refractivity contribution is -0.0757. The number of benzene rings is 2. The van der Waals surface area contributed by atoms with Gasteiger partial charge in [0.05, 0.1) is 18.8 Å². The van der Waals surface area contributed by atoms with E-state index in [-0.39, 0.29) is 40.8 Å². The number of fused-ring (bicyclic) bond motifs is 6. The number of aromatic nitrogens is 1. The van der Waals surface area contributed by atoms with Crippen molar-refractivity contribution < 1.29 is 23.0 Å². The van der Waals surface area contributed by atoms with Gasteiger partial charge in [-0.3, -0.25) is 19.3 Å². The number of amides is 1. The van der Waals surface area contributed by atoms with Crippen molar-refractivity contribution in [3.05, 3.63) is 92.9 Å². The Bertz CT molecular complexity index is 1650. The Morgan fingerprint density at radius 2 is 1.90 bits per heavy atom. The fraction of sp³-hybridized carbons (Fsp3) is 0.400. The number of thioether (sulfide) groups is 1. The van der Waals surface area contributed by atoms with Crippen molar-refractivity contribution in [1.82, 2.24) is 9.58 Å². The molecule has 1 unspecified atom stereocenters. The number of methoxy groups -OCH3 is 1. The first-order valence-corrected chi connectivity index (χ1v) is 14.7. The van der Waals surface area contributed by atoms with Crippen molar-refractivity contribution in [2.75, 3.05) is 18.7 Å². The zero-order valence-electron chi connectivity index (χ0n) is 21.8. The second kappa shape index (κ2) is 8.57. The Morgan fingerprint density at radius 1 is 1.07 bits per heavy atom. The van der Waals surface area contributed by atoms with Crippen molar-refractivity contribution in [1.29, 1.82) is 0 Å². The van der Waals surface area contributed by atoms with Gasteiger partial charge < -0.3 is 14.4 Å². The zero-order chi connectivity index (χ0) is 27.3. The Kier molecular flexibility index (Phi) is 5.23. The molecule has 6 heterocycles. The van der Waals surface area contributed by atoms with E-state index >= 15 is 8.78 Å². The van der Waals surface area contributed by atoms with E-state index in [1.807, 2.05) is 17.1 Å². The van der Waals surface area contributed by atoms with E-state index in [1.54, 1.807) is 27.9 Å². The maximum atomic E-state index is 16.0. The van der Waals surface area contributed by atoms with Crippen molar-refractivity contribution in [3.63, 3.8) is 0 Å². The molecule has 40 heavy (non-hydrogen) atoms. The van der Waals surface area contributed by atoms with E-state index in [0.717, 1.165) is 24.8 Å². The number of hydrogen-bond donors (Lipinski definition) is 0. The van der Waals surface area contributed by atoms with Gasteiger partial charge in [-0.25, -0.2) is 8.78 Å². The van der Waals surface area contributed by atoms with E-state index < -0.39 is 23.5 Å². The molecule has 1 amide bonds. The summed E-state index contributed by atoms with van der Waals surface area (Å²) in [6, 6.07) is 10.5. The Balaban J connectivity index is 1.45. The molecular formula is C30H27F2N3O4S. The number of ether oxygens (including phenoxy) is 2. The summed E-state index contributed by atoms with van der Waals surface area (Å²) < 4.78 is 45.2. The predicted octanol–water partition coefficient (Wildman–Crippen LogP) is 4.59. The number of halogens is 2. The van der Waals surface area contributed by atoms with Crippen LogP contribution in [-0.2, 0) is 10.5 Å². The minimum Gasteiger partial charge on any atom is -0.491 e. The molecule has 3 aromatic rings. The van der Waals surface area contributed by atoms with Gasteiger partial charge in [-0.1, -0.05) is 24.3 Å². The number of pyridine rings is 1. The van der Waals surface area contributed by atoms with Crippen LogP contribution < -0.4 is 15.2 Å². The maximum absolute atomic E-state index is 16.0. The fourth-order valence-electron chi connectivity index (χ4n) is 7.88. The van der Waals surface area contributed by atoms with Crippen molar-refractivity contribution >= 4 is 17.7 Å². The van der Waals surface area contributed by atoms with Crippen LogP contribution in [0.15, 0.2) is 58.4 Å². The van der Waals surface area contributed by atoms with Gasteiger partial charge in [0.2, 0.25) is 5.43 Å². The minimum atomic E-state index is -0.780. The molecule has 0 radical (unpaired) electrons. The third-order valence-corrected chi connectivity index (χ3v) is 10.7. The van der Waals surface area contributed by atoms with Crippen LogP contribution in [0.3, 0.4) is 0 Å². The second-order valence-corrected chi connectivity index (χ2v) is 12.3. The summed E-state index contributed by atoms with van der Waals surface area (Å²) in [5.74, 6) is -0.760. The number of piperidine rings is 1. The number of carbonyl (C=O) groups excluding carboxylic acids is 1. The van der Waals surface area contributed by atoms with Crippen LogP contribution in [0.25, 0.3) is 0 Å². The third-order valence-electron chi connectivity index (χ3n) is 9.51. The molecule has 0 saturated carbocycles. The van der Waals surface area contributed by atoms with Gasteiger partial charge in [-0.05, 0) is 48.9 Å². The van der Waals surface area contributed by atoms with Crippen LogP contribution in [0.2, 0.25) is 0 Å². The van der Waals surface area contributed by atoms with Crippen molar-refractivity contribution in [3.8, 4) is 5.75 Å². The van der Waals surface area contributed by atoms with Gasteiger partial charge in [0, 0.05) is 40.9 Å². The lowest BCUT2D eigenvalue weighted by atomic mass is 9.71. The van der Waals surface area contributed by atoms with E-state index in [0.29, 0.717) is 34.7 Å². The highest BCUT2D eigenvalue weighted by molar-refractivity contribution is 7.98. The first kappa shape index (κ1) is 24.4. The Labute approximate surface area is 233 Å². The Morgan fingerprint density at radius 3 is 2.73 bits per heavy atom. The maximum Gasteiger partial charge on any atom is 0.278 e. The third kappa shape index (κ3) is 3.14. The van der Waals surface area contributed by atoms with Gasteiger partial charge in [0.25, 0.3) is 5.91 Å². The van der Waals surface area contributed by atoms with Crippen molar-refractivity contribution in [2.24, 2.45) is 5.92 Å². The highest BCUT2D eigenvalue weighted by atomic mass is 32.2. The quantitative estimate of drug-likeness (QED) is 0.455. The summed E-state index contributed by atoms with van der Waals surface area (Å²) in [5, 5.41) is 2.00. The van der Waals surface area contributed by atoms with Crippen LogP contribution in [0.1, 0.15) is 58.9 Å². The molecule has 3 saturated heterocycles. The van der Waals surface area contributed by atoms with E-state index in [9.17, 15) is 9.59 Å². The standard InChI is InChI=1S/C30H27F2N3O4S/c1-38-26-22(36)9-12-34-25(26)29(37)33-13-11-30-10-8-17(39-30)14-19(30)28(33)35(34)24-18-5-3-7-21(32)27(18)40-15-16-4-2-6-20(31)23(16)24/h2-7,9,12,17,19,24,28H,8,10-11,13-15H2,1H3/t17-,19+,24?,28+,30-/m0/s1. The molecule has 206 valence electrons. The monoisotopic (exact) mass is 563 g/mol. The first-order valence-electron chi connectivity index (χ1n) is 13.7. The number of rotatable bonds is 2. The van der Waals surface area contributed by atoms with E-state index in [2.05, 4.69) is 0 Å². The number of nitrogens with zero attached hydrogens (tertiary/aromatic N) is 3. The van der Waals surface area contributed by atoms with Gasteiger partial charge in [0.15, 0.2) is 11.4 Å². The van der Waals surface area contributed by atoms with E-state index in [4.69, 9.17) is 9.47 Å². The summed E-state index contributed by atoms with van der Waals surface area (Å²) in [6.45, 7) is 0.428. The van der Waals surface area contributed by atoms with Gasteiger partial charge >= 0.3 is 0 Å².